The van der Waals surface area contributed by atoms with Gasteiger partial charge in [-0.2, -0.15) is 0 Å². The molecule has 2 unspecified atom stereocenters. The van der Waals surface area contributed by atoms with Gasteiger partial charge >= 0.3 is 17.9 Å². The first-order chi connectivity index (χ1) is 19.4. The summed E-state index contributed by atoms with van der Waals surface area (Å²) in [5, 5.41) is 0. The fourth-order valence-electron chi connectivity index (χ4n) is 7.80. The summed E-state index contributed by atoms with van der Waals surface area (Å²) in [6.45, 7) is 16.2. The number of fused-ring (bicyclic) bond motifs is 2. The third-order valence-electron chi connectivity index (χ3n) is 10.5. The van der Waals surface area contributed by atoms with Crippen molar-refractivity contribution < 1.29 is 43.0 Å². The highest BCUT2D eigenvalue weighted by atomic mass is 16.7. The molecule has 0 bridgehead atoms. The summed E-state index contributed by atoms with van der Waals surface area (Å²) in [6, 6.07) is -1.02. The number of nitrogens with one attached hydrogen (secondary N) is 1. The van der Waals surface area contributed by atoms with E-state index >= 15 is 0 Å². The first-order valence-electron chi connectivity index (χ1n) is 14.9. The number of carbonyl (C=O) groups is 5. The zero-order chi connectivity index (χ0) is 31.5. The molecule has 0 aromatic carbocycles. The van der Waals surface area contributed by atoms with Gasteiger partial charge in [0.2, 0.25) is 11.6 Å². The lowest BCUT2D eigenvalue weighted by atomic mass is 9.40. The van der Waals surface area contributed by atoms with E-state index in [9.17, 15) is 24.0 Å². The first kappa shape index (κ1) is 31.9. The zero-order valence-corrected chi connectivity index (χ0v) is 26.4. The predicted octanol–water partition coefficient (Wildman–Crippen LogP) is 4.22. The topological polar surface area (TPSA) is 134 Å². The molecule has 1 saturated carbocycles. The standard InChI is InChI=1S/C32H45NO9/c1-11-15(2)23(33-42-29(38)30(5,6)7)28(37)40-20-12-16(3)18-13-21-31(8)19(14-22(34)41-21)17(4)25(39-10)24(35)26(31)32(18,9)27(20)36/h12,15-16,18-19,21,23,26,33H,11,13-14H2,1-10H3/t15?,16-,18+,19+,21-,23?,26+,31-,32+/m1/s1. The third kappa shape index (κ3) is 4.79. The summed E-state index contributed by atoms with van der Waals surface area (Å²) in [7, 11) is 1.42. The minimum atomic E-state index is -1.25. The Bertz CT molecular complexity index is 1260. The van der Waals surface area contributed by atoms with Gasteiger partial charge in [0.1, 0.15) is 12.1 Å². The van der Waals surface area contributed by atoms with Crippen molar-refractivity contribution in [1.82, 2.24) is 5.48 Å². The molecule has 1 saturated heterocycles. The lowest BCUT2D eigenvalue weighted by molar-refractivity contribution is -0.217. The summed E-state index contributed by atoms with van der Waals surface area (Å²) in [5.74, 6) is -4.44. The van der Waals surface area contributed by atoms with Crippen LogP contribution in [0.2, 0.25) is 0 Å². The van der Waals surface area contributed by atoms with Crippen LogP contribution in [-0.4, -0.2) is 48.7 Å². The van der Waals surface area contributed by atoms with Gasteiger partial charge in [-0.05, 0) is 63.5 Å². The Hall–Kier alpha value is -3.01. The Morgan fingerprint density at radius 2 is 1.83 bits per heavy atom. The van der Waals surface area contributed by atoms with Crippen LogP contribution >= 0.6 is 0 Å². The fraction of sp³-hybridized carbons (Fsp3) is 0.719. The molecule has 4 aliphatic rings. The molecule has 0 aromatic rings. The maximum atomic E-state index is 14.5. The monoisotopic (exact) mass is 587 g/mol. The van der Waals surface area contributed by atoms with E-state index in [1.165, 1.54) is 7.11 Å². The lowest BCUT2D eigenvalue weighted by Gasteiger charge is -2.64. The molecule has 10 nitrogen and oxygen atoms in total. The molecule has 10 heteroatoms. The SMILES string of the molecule is CCC(C)C(NOC(=O)C(C)(C)C)C(=O)OC1=C[C@@H](C)[C@@H]2C[C@H]3OC(=O)C[C@H]4C(C)=C(OC)C(=O)[C@H]([C@@]2(C)C1=O)[C@@]34C. The normalized spacial score (nSPS) is 35.7. The average Bonchev–Trinajstić information content (AvgIpc) is 2.90. The summed E-state index contributed by atoms with van der Waals surface area (Å²) in [6.07, 6.45) is 2.14. The van der Waals surface area contributed by atoms with Crippen molar-refractivity contribution in [2.45, 2.75) is 93.7 Å². The van der Waals surface area contributed by atoms with Crippen LogP contribution in [0.4, 0.5) is 0 Å². The van der Waals surface area contributed by atoms with Crippen molar-refractivity contribution in [2.24, 2.45) is 45.8 Å². The summed E-state index contributed by atoms with van der Waals surface area (Å²) in [4.78, 5) is 72.4. The number of esters is 2. The van der Waals surface area contributed by atoms with Crippen molar-refractivity contribution in [2.75, 3.05) is 7.11 Å². The van der Waals surface area contributed by atoms with Crippen LogP contribution in [0.25, 0.3) is 0 Å². The molecule has 1 heterocycles. The van der Waals surface area contributed by atoms with Crippen molar-refractivity contribution >= 4 is 29.5 Å². The second-order valence-corrected chi connectivity index (χ2v) is 14.0. The van der Waals surface area contributed by atoms with Gasteiger partial charge in [-0.1, -0.05) is 41.0 Å². The maximum Gasteiger partial charge on any atom is 0.332 e. The summed E-state index contributed by atoms with van der Waals surface area (Å²) >= 11 is 0. The van der Waals surface area contributed by atoms with Gasteiger partial charge in [0, 0.05) is 22.7 Å². The molecule has 0 aromatic heterocycles. The van der Waals surface area contributed by atoms with Gasteiger partial charge in [-0.15, -0.1) is 5.48 Å². The second kappa shape index (κ2) is 10.9. The molecule has 3 aliphatic carbocycles. The number of allylic oxidation sites excluding steroid dienone is 4. The van der Waals surface area contributed by atoms with E-state index < -0.39 is 52.0 Å². The Kier molecular flexibility index (Phi) is 8.30. The second-order valence-electron chi connectivity index (χ2n) is 14.0. The van der Waals surface area contributed by atoms with E-state index in [0.717, 1.165) is 0 Å². The van der Waals surface area contributed by atoms with Crippen LogP contribution < -0.4 is 5.48 Å². The van der Waals surface area contributed by atoms with Gasteiger partial charge in [-0.3, -0.25) is 14.4 Å². The van der Waals surface area contributed by atoms with E-state index in [1.54, 1.807) is 40.7 Å². The van der Waals surface area contributed by atoms with E-state index in [2.05, 4.69) is 5.48 Å². The number of ether oxygens (including phenoxy) is 3. The van der Waals surface area contributed by atoms with Crippen molar-refractivity contribution in [3.63, 3.8) is 0 Å². The van der Waals surface area contributed by atoms with Crippen molar-refractivity contribution in [3.05, 3.63) is 23.2 Å². The summed E-state index contributed by atoms with van der Waals surface area (Å²) in [5.41, 5.74) is 0.381. The Morgan fingerprint density at radius 3 is 2.40 bits per heavy atom. The lowest BCUT2D eigenvalue weighted by Crippen LogP contribution is -2.69. The predicted molar refractivity (Wildman–Crippen MR) is 151 cm³/mol. The molecule has 42 heavy (non-hydrogen) atoms. The number of hydrogen-bond donors (Lipinski definition) is 1. The minimum absolute atomic E-state index is 0.0905. The van der Waals surface area contributed by atoms with Gasteiger partial charge in [0.15, 0.2) is 11.5 Å². The molecule has 9 atom stereocenters. The molecule has 4 rings (SSSR count). The fourth-order valence-corrected chi connectivity index (χ4v) is 7.80. The zero-order valence-electron chi connectivity index (χ0n) is 26.4. The van der Waals surface area contributed by atoms with Gasteiger partial charge < -0.3 is 19.0 Å². The molecule has 232 valence electrons. The molecule has 2 fully saturated rings. The number of rotatable bonds is 7. The molecule has 1 aliphatic heterocycles. The number of Topliss-reactive ketones (excluding diaryl/α,β-unsaturated/α-hetero) is 2. The van der Waals surface area contributed by atoms with E-state index in [-0.39, 0.29) is 53.4 Å². The highest BCUT2D eigenvalue weighted by Gasteiger charge is 2.72. The molecule has 0 radical (unpaired) electrons. The highest BCUT2D eigenvalue weighted by molar-refractivity contribution is 6.08. The van der Waals surface area contributed by atoms with Crippen LogP contribution in [0.3, 0.4) is 0 Å². The van der Waals surface area contributed by atoms with Crippen LogP contribution in [0.1, 0.15) is 81.6 Å². The molecule has 0 amide bonds. The molecule has 0 spiro atoms. The maximum absolute atomic E-state index is 14.5. The van der Waals surface area contributed by atoms with E-state index in [0.29, 0.717) is 18.4 Å². The molecule has 1 N–H and O–H groups in total. The molecular formula is C32H45NO9. The summed E-state index contributed by atoms with van der Waals surface area (Å²) < 4.78 is 17.3. The number of carbonyl (C=O) groups excluding carboxylic acids is 5. The highest BCUT2D eigenvalue weighted by Crippen LogP contribution is 2.67. The van der Waals surface area contributed by atoms with Gasteiger partial charge in [-0.25, -0.2) is 9.59 Å². The quantitative estimate of drug-likeness (QED) is 0.262. The largest absolute Gasteiger partial charge is 0.493 e. The van der Waals surface area contributed by atoms with Gasteiger partial charge in [0.05, 0.1) is 18.9 Å². The smallest absolute Gasteiger partial charge is 0.332 e. The number of ketones is 2. The van der Waals surface area contributed by atoms with E-state index in [4.69, 9.17) is 19.0 Å². The van der Waals surface area contributed by atoms with Crippen LogP contribution in [0.15, 0.2) is 23.2 Å². The Morgan fingerprint density at radius 1 is 1.19 bits per heavy atom. The number of methoxy groups -OCH3 is 1. The number of hydrogen-bond acceptors (Lipinski definition) is 10. The first-order valence-corrected chi connectivity index (χ1v) is 14.9. The van der Waals surface area contributed by atoms with Crippen molar-refractivity contribution in [3.8, 4) is 0 Å². The third-order valence-corrected chi connectivity index (χ3v) is 10.5. The van der Waals surface area contributed by atoms with Gasteiger partial charge in [0.25, 0.3) is 0 Å². The van der Waals surface area contributed by atoms with Crippen LogP contribution in [0.5, 0.6) is 0 Å². The Labute approximate surface area is 247 Å². The minimum Gasteiger partial charge on any atom is -0.493 e. The van der Waals surface area contributed by atoms with Crippen LogP contribution in [0, 0.1) is 45.8 Å². The molecular weight excluding hydrogens is 542 g/mol. The van der Waals surface area contributed by atoms with E-state index in [1.807, 2.05) is 27.7 Å². The number of hydroxylamine groups is 1. The Balaban J connectivity index is 1.71. The van der Waals surface area contributed by atoms with Crippen molar-refractivity contribution in [1.29, 1.82) is 0 Å². The average molecular weight is 588 g/mol. The van der Waals surface area contributed by atoms with Crippen LogP contribution in [-0.2, 0) is 43.0 Å².